The highest BCUT2D eigenvalue weighted by Gasteiger charge is 2.22. The molecule has 1 aliphatic heterocycles. The summed E-state index contributed by atoms with van der Waals surface area (Å²) < 4.78 is 8.25. The van der Waals surface area contributed by atoms with Crippen LogP contribution in [0.2, 0.25) is 0 Å². The van der Waals surface area contributed by atoms with E-state index in [0.717, 1.165) is 59.9 Å². The minimum atomic E-state index is 0.319. The SMILES string of the molecule is Cc1cc(-c2nc(-c3ccccc3)c(-c3ccccc3)[nH]2)c(C)n1CC1CCCO1. The van der Waals surface area contributed by atoms with Gasteiger partial charge >= 0.3 is 0 Å². The summed E-state index contributed by atoms with van der Waals surface area (Å²) in [5.41, 5.74) is 7.94. The zero-order valence-electron chi connectivity index (χ0n) is 17.6. The summed E-state index contributed by atoms with van der Waals surface area (Å²) in [7, 11) is 0. The molecule has 4 heteroatoms. The molecule has 3 heterocycles. The summed E-state index contributed by atoms with van der Waals surface area (Å²) in [5.74, 6) is 0.916. The molecule has 5 rings (SSSR count). The summed E-state index contributed by atoms with van der Waals surface area (Å²) in [6, 6.07) is 23.1. The van der Waals surface area contributed by atoms with Crippen LogP contribution in [-0.2, 0) is 11.3 Å². The molecule has 0 amide bonds. The Hall–Kier alpha value is -3.11. The number of aromatic nitrogens is 3. The molecule has 2 aromatic carbocycles. The number of imidazole rings is 1. The molecule has 0 aliphatic carbocycles. The fraction of sp³-hybridized carbons (Fsp3) is 0.269. The maximum absolute atomic E-state index is 5.88. The summed E-state index contributed by atoms with van der Waals surface area (Å²) in [6.07, 6.45) is 2.62. The van der Waals surface area contributed by atoms with Crippen molar-refractivity contribution >= 4 is 0 Å². The lowest BCUT2D eigenvalue weighted by Gasteiger charge is -2.14. The molecule has 0 radical (unpaired) electrons. The first kappa shape index (κ1) is 18.9. The Morgan fingerprint density at radius 3 is 2.37 bits per heavy atom. The first-order valence-electron chi connectivity index (χ1n) is 10.7. The zero-order valence-corrected chi connectivity index (χ0v) is 17.6. The lowest BCUT2D eigenvalue weighted by atomic mass is 10.1. The van der Waals surface area contributed by atoms with Gasteiger partial charge in [0.15, 0.2) is 0 Å². The standard InChI is InChI=1S/C26H27N3O/c1-18-16-23(19(2)29(18)17-22-14-9-15-30-22)26-27-24(20-10-5-3-6-11-20)25(28-26)21-12-7-4-8-13-21/h3-8,10-13,16,22H,9,14-15,17H2,1-2H3,(H,27,28). The van der Waals surface area contributed by atoms with E-state index in [4.69, 9.17) is 9.72 Å². The molecule has 30 heavy (non-hydrogen) atoms. The Kier molecular flexibility index (Phi) is 5.01. The molecule has 1 saturated heterocycles. The van der Waals surface area contributed by atoms with E-state index in [1.54, 1.807) is 0 Å². The Morgan fingerprint density at radius 2 is 1.70 bits per heavy atom. The molecule has 0 saturated carbocycles. The number of H-pyrrole nitrogens is 1. The van der Waals surface area contributed by atoms with E-state index in [1.807, 2.05) is 12.1 Å². The summed E-state index contributed by atoms with van der Waals surface area (Å²) in [5, 5.41) is 0. The highest BCUT2D eigenvalue weighted by atomic mass is 16.5. The van der Waals surface area contributed by atoms with Gasteiger partial charge < -0.3 is 14.3 Å². The van der Waals surface area contributed by atoms with Gasteiger partial charge in [-0.15, -0.1) is 0 Å². The van der Waals surface area contributed by atoms with Crippen LogP contribution in [0, 0.1) is 13.8 Å². The van der Waals surface area contributed by atoms with Gasteiger partial charge in [-0.3, -0.25) is 0 Å². The third-order valence-electron chi connectivity index (χ3n) is 6.05. The smallest absolute Gasteiger partial charge is 0.140 e. The first-order valence-corrected chi connectivity index (χ1v) is 10.7. The average molecular weight is 398 g/mol. The Balaban J connectivity index is 1.59. The maximum Gasteiger partial charge on any atom is 0.140 e. The van der Waals surface area contributed by atoms with Gasteiger partial charge in [-0.1, -0.05) is 60.7 Å². The van der Waals surface area contributed by atoms with Gasteiger partial charge in [-0.2, -0.15) is 0 Å². The number of aryl methyl sites for hydroxylation is 1. The summed E-state index contributed by atoms with van der Waals surface area (Å²) >= 11 is 0. The summed E-state index contributed by atoms with van der Waals surface area (Å²) in [4.78, 5) is 8.71. The van der Waals surface area contributed by atoms with Crippen LogP contribution < -0.4 is 0 Å². The van der Waals surface area contributed by atoms with Gasteiger partial charge in [-0.25, -0.2) is 4.98 Å². The predicted molar refractivity (Wildman–Crippen MR) is 121 cm³/mol. The van der Waals surface area contributed by atoms with Crippen LogP contribution >= 0.6 is 0 Å². The second kappa shape index (κ2) is 7.96. The van der Waals surface area contributed by atoms with E-state index in [-0.39, 0.29) is 0 Å². The highest BCUT2D eigenvalue weighted by molar-refractivity contribution is 5.81. The Labute approximate surface area is 177 Å². The highest BCUT2D eigenvalue weighted by Crippen LogP contribution is 2.35. The van der Waals surface area contributed by atoms with Crippen molar-refractivity contribution in [2.45, 2.75) is 39.3 Å². The molecule has 1 fully saturated rings. The monoisotopic (exact) mass is 397 g/mol. The number of rotatable bonds is 5. The van der Waals surface area contributed by atoms with E-state index in [2.05, 4.69) is 78.0 Å². The van der Waals surface area contributed by atoms with Gasteiger partial charge in [0.1, 0.15) is 5.82 Å². The lowest BCUT2D eigenvalue weighted by Crippen LogP contribution is -2.16. The van der Waals surface area contributed by atoms with Crippen LogP contribution in [0.1, 0.15) is 24.2 Å². The Bertz CT molecular complexity index is 1080. The van der Waals surface area contributed by atoms with Crippen molar-refractivity contribution in [3.8, 4) is 33.9 Å². The number of nitrogens with one attached hydrogen (secondary N) is 1. The van der Waals surface area contributed by atoms with E-state index in [9.17, 15) is 0 Å². The molecule has 1 atom stereocenters. The third kappa shape index (κ3) is 3.48. The topological polar surface area (TPSA) is 42.8 Å². The van der Waals surface area contributed by atoms with Crippen LogP contribution in [0.4, 0.5) is 0 Å². The van der Waals surface area contributed by atoms with Crippen molar-refractivity contribution in [3.05, 3.63) is 78.1 Å². The molecule has 4 aromatic rings. The van der Waals surface area contributed by atoms with Crippen molar-refractivity contribution in [2.24, 2.45) is 0 Å². The van der Waals surface area contributed by atoms with E-state index in [1.165, 1.54) is 11.4 Å². The van der Waals surface area contributed by atoms with Crippen molar-refractivity contribution in [1.82, 2.24) is 14.5 Å². The molecule has 1 N–H and O–H groups in total. The van der Waals surface area contributed by atoms with Gasteiger partial charge in [-0.05, 0) is 32.8 Å². The van der Waals surface area contributed by atoms with E-state index >= 15 is 0 Å². The van der Waals surface area contributed by atoms with Crippen LogP contribution in [0.15, 0.2) is 66.7 Å². The van der Waals surface area contributed by atoms with Crippen LogP contribution in [0.3, 0.4) is 0 Å². The molecule has 2 aromatic heterocycles. The number of hydrogen-bond donors (Lipinski definition) is 1. The quantitative estimate of drug-likeness (QED) is 0.448. The van der Waals surface area contributed by atoms with E-state index < -0.39 is 0 Å². The van der Waals surface area contributed by atoms with E-state index in [0.29, 0.717) is 6.10 Å². The number of ether oxygens (including phenoxy) is 1. The fourth-order valence-electron chi connectivity index (χ4n) is 4.43. The average Bonchev–Trinajstić information content (AvgIpc) is 3.51. The van der Waals surface area contributed by atoms with Crippen LogP contribution in [-0.4, -0.2) is 27.2 Å². The number of nitrogens with zero attached hydrogens (tertiary/aromatic N) is 2. The molecule has 0 spiro atoms. The Morgan fingerprint density at radius 1 is 1.00 bits per heavy atom. The maximum atomic E-state index is 5.88. The lowest BCUT2D eigenvalue weighted by molar-refractivity contribution is 0.0962. The molecule has 4 nitrogen and oxygen atoms in total. The number of benzene rings is 2. The van der Waals surface area contributed by atoms with Gasteiger partial charge in [0.25, 0.3) is 0 Å². The van der Waals surface area contributed by atoms with Gasteiger partial charge in [0.2, 0.25) is 0 Å². The first-order chi connectivity index (χ1) is 14.7. The van der Waals surface area contributed by atoms with Crippen molar-refractivity contribution in [2.75, 3.05) is 6.61 Å². The van der Waals surface area contributed by atoms with Crippen LogP contribution in [0.5, 0.6) is 0 Å². The number of aromatic amines is 1. The zero-order chi connectivity index (χ0) is 20.5. The predicted octanol–water partition coefficient (Wildman–Crippen LogP) is 6.01. The van der Waals surface area contributed by atoms with Crippen molar-refractivity contribution in [3.63, 3.8) is 0 Å². The molecular weight excluding hydrogens is 370 g/mol. The molecule has 0 bridgehead atoms. The fourth-order valence-corrected chi connectivity index (χ4v) is 4.43. The molecule has 152 valence electrons. The normalized spacial score (nSPS) is 16.3. The molecule has 1 aliphatic rings. The van der Waals surface area contributed by atoms with Gasteiger partial charge in [0.05, 0.1) is 17.5 Å². The molecular formula is C26H27N3O. The largest absolute Gasteiger partial charge is 0.376 e. The molecule has 1 unspecified atom stereocenters. The number of hydrogen-bond acceptors (Lipinski definition) is 2. The summed E-state index contributed by atoms with van der Waals surface area (Å²) in [6.45, 7) is 6.15. The van der Waals surface area contributed by atoms with Crippen molar-refractivity contribution in [1.29, 1.82) is 0 Å². The van der Waals surface area contributed by atoms with Crippen LogP contribution in [0.25, 0.3) is 33.9 Å². The second-order valence-corrected chi connectivity index (χ2v) is 8.07. The van der Waals surface area contributed by atoms with Gasteiger partial charge in [0, 0.05) is 41.2 Å². The second-order valence-electron chi connectivity index (χ2n) is 8.07. The van der Waals surface area contributed by atoms with Crippen molar-refractivity contribution < 1.29 is 4.74 Å². The minimum absolute atomic E-state index is 0.319. The third-order valence-corrected chi connectivity index (χ3v) is 6.05. The minimum Gasteiger partial charge on any atom is -0.376 e.